The first kappa shape index (κ1) is 23.9. The normalized spacial score (nSPS) is 10.5. The van der Waals surface area contributed by atoms with Gasteiger partial charge in [0.15, 0.2) is 6.61 Å². The Hall–Kier alpha value is -3.39. The van der Waals surface area contributed by atoms with E-state index in [1.807, 2.05) is 19.9 Å². The highest BCUT2D eigenvalue weighted by molar-refractivity contribution is 6.35. The van der Waals surface area contributed by atoms with E-state index in [0.717, 1.165) is 18.4 Å². The summed E-state index contributed by atoms with van der Waals surface area (Å²) in [7, 11) is 0. The van der Waals surface area contributed by atoms with Crippen LogP contribution in [-0.2, 0) is 14.4 Å². The van der Waals surface area contributed by atoms with Gasteiger partial charge in [0.25, 0.3) is 5.91 Å². The number of hydrogen-bond donors (Lipinski definition) is 3. The number of carbonyl (C=O) groups excluding carboxylic acids is 3. The molecule has 0 bridgehead atoms. The van der Waals surface area contributed by atoms with Crippen LogP contribution in [0.1, 0.15) is 30.9 Å². The number of rotatable bonds is 9. The molecule has 0 fully saturated rings. The van der Waals surface area contributed by atoms with Crippen LogP contribution in [0, 0.1) is 6.92 Å². The summed E-state index contributed by atoms with van der Waals surface area (Å²) in [6.45, 7) is 4.14. The van der Waals surface area contributed by atoms with E-state index in [-0.39, 0.29) is 12.5 Å². The molecule has 3 N–H and O–H groups in total. The molecule has 0 saturated heterocycles. The van der Waals surface area contributed by atoms with E-state index in [2.05, 4.69) is 21.2 Å². The lowest BCUT2D eigenvalue weighted by atomic mass is 10.2. The number of aryl methyl sites for hydroxylation is 1. The molecule has 2 aromatic carbocycles. The third-order valence-electron chi connectivity index (χ3n) is 4.13. The van der Waals surface area contributed by atoms with Crippen LogP contribution in [0.4, 0.5) is 5.69 Å². The van der Waals surface area contributed by atoms with Crippen molar-refractivity contribution in [2.24, 2.45) is 5.10 Å². The van der Waals surface area contributed by atoms with Gasteiger partial charge >= 0.3 is 11.8 Å². The highest BCUT2D eigenvalue weighted by Gasteiger charge is 2.11. The number of anilines is 1. The summed E-state index contributed by atoms with van der Waals surface area (Å²) >= 11 is 5.95. The predicted octanol–water partition coefficient (Wildman–Crippen LogP) is 3.03. The van der Waals surface area contributed by atoms with Gasteiger partial charge in [-0.25, -0.2) is 5.43 Å². The Morgan fingerprint density at radius 1 is 1.10 bits per heavy atom. The molecule has 0 saturated carbocycles. The topological polar surface area (TPSA) is 109 Å². The van der Waals surface area contributed by atoms with Crippen LogP contribution >= 0.6 is 11.6 Å². The second kappa shape index (κ2) is 12.3. The lowest BCUT2D eigenvalue weighted by Gasteiger charge is -2.10. The predicted molar refractivity (Wildman–Crippen MR) is 120 cm³/mol. The van der Waals surface area contributed by atoms with Gasteiger partial charge in [0.2, 0.25) is 0 Å². The van der Waals surface area contributed by atoms with Crippen molar-refractivity contribution >= 4 is 41.2 Å². The minimum atomic E-state index is -0.826. The van der Waals surface area contributed by atoms with E-state index < -0.39 is 11.8 Å². The number of unbranched alkanes of at least 4 members (excludes halogenated alkanes) is 1. The number of carbonyl (C=O) groups is 3. The van der Waals surface area contributed by atoms with E-state index in [9.17, 15) is 14.4 Å². The molecule has 2 aromatic rings. The molecule has 8 nitrogen and oxygen atoms in total. The Morgan fingerprint density at radius 3 is 2.55 bits per heavy atom. The van der Waals surface area contributed by atoms with Gasteiger partial charge in [-0.2, -0.15) is 5.10 Å². The van der Waals surface area contributed by atoms with Crippen LogP contribution in [0.2, 0.25) is 5.02 Å². The zero-order valence-electron chi connectivity index (χ0n) is 17.4. The minimum absolute atomic E-state index is 0.164. The van der Waals surface area contributed by atoms with Crippen molar-refractivity contribution in [3.63, 3.8) is 0 Å². The maximum Gasteiger partial charge on any atom is 0.329 e. The lowest BCUT2D eigenvalue weighted by Crippen LogP contribution is -2.38. The van der Waals surface area contributed by atoms with Crippen molar-refractivity contribution in [1.29, 1.82) is 0 Å². The van der Waals surface area contributed by atoms with Gasteiger partial charge in [-0.1, -0.05) is 31.0 Å². The minimum Gasteiger partial charge on any atom is -0.484 e. The van der Waals surface area contributed by atoms with Gasteiger partial charge in [-0.15, -0.1) is 0 Å². The molecule has 2 rings (SSSR count). The zero-order chi connectivity index (χ0) is 22.6. The quantitative estimate of drug-likeness (QED) is 0.239. The van der Waals surface area contributed by atoms with Gasteiger partial charge in [0.1, 0.15) is 5.75 Å². The summed E-state index contributed by atoms with van der Waals surface area (Å²) in [6.07, 6.45) is 3.13. The fraction of sp³-hybridized carbons (Fsp3) is 0.273. The molecular weight excluding hydrogens is 420 g/mol. The summed E-state index contributed by atoms with van der Waals surface area (Å²) in [5.41, 5.74) is 4.38. The first-order chi connectivity index (χ1) is 14.9. The van der Waals surface area contributed by atoms with E-state index >= 15 is 0 Å². The van der Waals surface area contributed by atoms with Crippen LogP contribution < -0.4 is 20.8 Å². The van der Waals surface area contributed by atoms with Crippen LogP contribution in [0.25, 0.3) is 0 Å². The van der Waals surface area contributed by atoms with E-state index in [1.165, 1.54) is 6.21 Å². The smallest absolute Gasteiger partial charge is 0.329 e. The molecule has 0 radical (unpaired) electrons. The number of halogens is 1. The van der Waals surface area contributed by atoms with Gasteiger partial charge in [0.05, 0.1) is 6.21 Å². The molecule has 0 heterocycles. The number of ether oxygens (including phenoxy) is 1. The van der Waals surface area contributed by atoms with Crippen LogP contribution in [0.5, 0.6) is 5.75 Å². The Morgan fingerprint density at radius 2 is 1.84 bits per heavy atom. The van der Waals surface area contributed by atoms with Gasteiger partial charge in [-0.3, -0.25) is 14.4 Å². The summed E-state index contributed by atoms with van der Waals surface area (Å²) in [5, 5.41) is 9.55. The lowest BCUT2D eigenvalue weighted by molar-refractivity contribution is -0.139. The second-order valence-corrected chi connectivity index (χ2v) is 7.11. The summed E-state index contributed by atoms with van der Waals surface area (Å²) in [5.74, 6) is -1.36. The maximum absolute atomic E-state index is 12.1. The van der Waals surface area contributed by atoms with E-state index in [1.54, 1.807) is 36.4 Å². The molecule has 0 aliphatic rings. The van der Waals surface area contributed by atoms with E-state index in [0.29, 0.717) is 28.6 Å². The van der Waals surface area contributed by atoms with Crippen molar-refractivity contribution in [2.45, 2.75) is 26.7 Å². The van der Waals surface area contributed by atoms with Crippen molar-refractivity contribution in [1.82, 2.24) is 10.7 Å². The van der Waals surface area contributed by atoms with Crippen molar-refractivity contribution in [2.75, 3.05) is 18.5 Å². The Balaban J connectivity index is 1.77. The molecule has 164 valence electrons. The molecule has 0 aromatic heterocycles. The molecule has 0 aliphatic heterocycles. The van der Waals surface area contributed by atoms with Crippen molar-refractivity contribution in [3.8, 4) is 5.75 Å². The fourth-order valence-corrected chi connectivity index (χ4v) is 2.56. The zero-order valence-corrected chi connectivity index (χ0v) is 18.2. The largest absolute Gasteiger partial charge is 0.484 e. The summed E-state index contributed by atoms with van der Waals surface area (Å²) < 4.78 is 5.47. The molecule has 31 heavy (non-hydrogen) atoms. The molecular formula is C22H25ClN4O4. The summed E-state index contributed by atoms with van der Waals surface area (Å²) in [6, 6.07) is 12.0. The average molecular weight is 445 g/mol. The highest BCUT2D eigenvalue weighted by Crippen LogP contribution is 2.20. The van der Waals surface area contributed by atoms with Crippen molar-refractivity contribution < 1.29 is 19.1 Å². The van der Waals surface area contributed by atoms with Crippen molar-refractivity contribution in [3.05, 3.63) is 58.6 Å². The maximum atomic E-state index is 12.1. The summed E-state index contributed by atoms with van der Waals surface area (Å²) in [4.78, 5) is 35.2. The molecule has 0 aliphatic carbocycles. The van der Waals surface area contributed by atoms with E-state index in [4.69, 9.17) is 16.3 Å². The number of amides is 3. The fourth-order valence-electron chi connectivity index (χ4n) is 2.39. The number of nitrogens with one attached hydrogen (secondary N) is 3. The Bertz CT molecular complexity index is 945. The number of hydrogen-bond acceptors (Lipinski definition) is 5. The van der Waals surface area contributed by atoms with Crippen LogP contribution in [0.3, 0.4) is 0 Å². The SMILES string of the molecule is CCCCNC(=O)C(=O)N/N=C\c1ccc(OCC(=O)Nc2cc(Cl)ccc2C)cc1. The standard InChI is InChI=1S/C22H25ClN4O4/c1-3-4-11-24-21(29)22(30)27-25-13-16-6-9-18(10-7-16)31-14-20(28)26-19-12-17(23)8-5-15(19)2/h5-10,12-13H,3-4,11,14H2,1-2H3,(H,24,29)(H,26,28)(H,27,30)/b25-13-. The van der Waals surface area contributed by atoms with Gasteiger partial charge in [-0.05, 0) is 60.9 Å². The Labute approximate surface area is 186 Å². The number of nitrogens with zero attached hydrogens (tertiary/aromatic N) is 1. The monoisotopic (exact) mass is 444 g/mol. The molecule has 0 spiro atoms. The first-order valence-electron chi connectivity index (χ1n) is 9.79. The molecule has 0 unspecified atom stereocenters. The Kier molecular flexibility index (Phi) is 9.51. The third-order valence-corrected chi connectivity index (χ3v) is 4.36. The highest BCUT2D eigenvalue weighted by atomic mass is 35.5. The average Bonchev–Trinajstić information content (AvgIpc) is 2.75. The van der Waals surface area contributed by atoms with Gasteiger partial charge < -0.3 is 15.4 Å². The molecule has 0 atom stereocenters. The van der Waals surface area contributed by atoms with Crippen LogP contribution in [-0.4, -0.2) is 37.1 Å². The third kappa shape index (κ3) is 8.47. The van der Waals surface area contributed by atoms with Crippen LogP contribution in [0.15, 0.2) is 47.6 Å². The second-order valence-electron chi connectivity index (χ2n) is 6.67. The number of hydrazone groups is 1. The van der Waals surface area contributed by atoms with Gasteiger partial charge in [0, 0.05) is 17.3 Å². The number of benzene rings is 2. The molecule has 9 heteroatoms. The first-order valence-corrected chi connectivity index (χ1v) is 10.2. The molecule has 3 amide bonds.